The van der Waals surface area contributed by atoms with E-state index in [2.05, 4.69) is 0 Å². The van der Waals surface area contributed by atoms with Gasteiger partial charge in [-0.05, 0) is 13.8 Å². The van der Waals surface area contributed by atoms with Crippen LogP contribution >= 0.6 is 0 Å². The Morgan fingerprint density at radius 3 is 1.82 bits per heavy atom. The van der Waals surface area contributed by atoms with Crippen LogP contribution in [0.2, 0.25) is 0 Å². The molecule has 0 aliphatic heterocycles. The second-order valence-corrected chi connectivity index (χ2v) is 2.64. The quantitative estimate of drug-likeness (QED) is 0.645. The molecule has 11 heavy (non-hydrogen) atoms. The largest absolute Gasteiger partial charge is 0.327 e. The van der Waals surface area contributed by atoms with Crippen molar-refractivity contribution in [3.63, 3.8) is 0 Å². The summed E-state index contributed by atoms with van der Waals surface area (Å²) in [5.41, 5.74) is 1.74. The van der Waals surface area contributed by atoms with Crippen LogP contribution in [0.4, 0.5) is 17.6 Å². The summed E-state index contributed by atoms with van der Waals surface area (Å²) in [5.74, 6) is -4.01. The molecule has 0 saturated heterocycles. The van der Waals surface area contributed by atoms with Crippen LogP contribution in [0.15, 0.2) is 0 Å². The third-order valence-corrected chi connectivity index (χ3v) is 1.58. The van der Waals surface area contributed by atoms with Crippen molar-refractivity contribution < 1.29 is 17.6 Å². The fraction of sp³-hybridized carbons (Fsp3) is 1.00. The Kier molecular flexibility index (Phi) is 2.88. The monoisotopic (exact) mass is 173 g/mol. The van der Waals surface area contributed by atoms with Gasteiger partial charge in [0.2, 0.25) is 0 Å². The van der Waals surface area contributed by atoms with Crippen LogP contribution in [0, 0.1) is 0 Å². The highest BCUT2D eigenvalue weighted by molar-refractivity contribution is 4.94. The van der Waals surface area contributed by atoms with Crippen LogP contribution in [-0.2, 0) is 0 Å². The number of nitrogens with two attached hydrogens (primary N) is 1. The van der Waals surface area contributed by atoms with Gasteiger partial charge in [-0.2, -0.15) is 8.78 Å². The van der Waals surface area contributed by atoms with E-state index in [0.29, 0.717) is 13.8 Å². The summed E-state index contributed by atoms with van der Waals surface area (Å²) in [7, 11) is 0. The Hall–Kier alpha value is -0.320. The maximum Gasteiger partial charge on any atom is 0.312 e. The van der Waals surface area contributed by atoms with Gasteiger partial charge < -0.3 is 5.73 Å². The minimum Gasteiger partial charge on any atom is -0.327 e. The SMILES string of the molecule is CC(F)C(F)(F)C(C)(F)CN. The molecule has 0 bridgehead atoms. The fourth-order valence-corrected chi connectivity index (χ4v) is 0.551. The van der Waals surface area contributed by atoms with E-state index in [9.17, 15) is 17.6 Å². The predicted octanol–water partition coefficient (Wildman–Crippen LogP) is 1.67. The van der Waals surface area contributed by atoms with Gasteiger partial charge in [0.05, 0.1) is 0 Å². The summed E-state index contributed by atoms with van der Waals surface area (Å²) in [5, 5.41) is 0. The van der Waals surface area contributed by atoms with E-state index >= 15 is 0 Å². The normalized spacial score (nSPS) is 21.0. The van der Waals surface area contributed by atoms with Gasteiger partial charge in [0.25, 0.3) is 0 Å². The molecule has 0 aliphatic rings. The Bertz CT molecular complexity index is 133. The fourth-order valence-electron chi connectivity index (χ4n) is 0.551. The Morgan fingerprint density at radius 1 is 1.36 bits per heavy atom. The molecule has 0 aromatic heterocycles. The summed E-state index contributed by atoms with van der Waals surface area (Å²) in [4.78, 5) is 0. The average molecular weight is 173 g/mol. The second-order valence-electron chi connectivity index (χ2n) is 2.64. The molecule has 2 unspecified atom stereocenters. The van der Waals surface area contributed by atoms with Gasteiger partial charge in [-0.15, -0.1) is 0 Å². The minimum absolute atomic E-state index is 0.586. The van der Waals surface area contributed by atoms with Gasteiger partial charge in [-0.25, -0.2) is 8.78 Å². The molecule has 0 saturated carbocycles. The van der Waals surface area contributed by atoms with Crippen molar-refractivity contribution in [3.05, 3.63) is 0 Å². The van der Waals surface area contributed by atoms with E-state index in [0.717, 1.165) is 0 Å². The van der Waals surface area contributed by atoms with E-state index in [1.807, 2.05) is 0 Å². The Labute approximate surface area is 62.6 Å². The van der Waals surface area contributed by atoms with Crippen LogP contribution in [0.5, 0.6) is 0 Å². The van der Waals surface area contributed by atoms with Gasteiger partial charge in [-0.1, -0.05) is 0 Å². The molecule has 0 heterocycles. The van der Waals surface area contributed by atoms with Crippen LogP contribution < -0.4 is 5.73 Å². The van der Waals surface area contributed by atoms with E-state index in [1.54, 1.807) is 0 Å². The molecule has 2 atom stereocenters. The lowest BCUT2D eigenvalue weighted by Gasteiger charge is -2.29. The van der Waals surface area contributed by atoms with Crippen LogP contribution in [0.3, 0.4) is 0 Å². The van der Waals surface area contributed by atoms with Crippen molar-refractivity contribution >= 4 is 0 Å². The molecule has 0 rings (SSSR count). The predicted molar refractivity (Wildman–Crippen MR) is 34.1 cm³/mol. The number of hydrogen-bond acceptors (Lipinski definition) is 1. The number of hydrogen-bond donors (Lipinski definition) is 1. The molecule has 0 spiro atoms. The van der Waals surface area contributed by atoms with Crippen molar-refractivity contribution in [2.45, 2.75) is 31.6 Å². The van der Waals surface area contributed by atoms with Crippen molar-refractivity contribution in [2.75, 3.05) is 6.54 Å². The zero-order valence-corrected chi connectivity index (χ0v) is 6.37. The third kappa shape index (κ3) is 1.83. The lowest BCUT2D eigenvalue weighted by Crippen LogP contribution is -2.52. The summed E-state index contributed by atoms with van der Waals surface area (Å²) >= 11 is 0. The lowest BCUT2D eigenvalue weighted by atomic mass is 9.97. The zero-order chi connectivity index (χ0) is 9.28. The highest BCUT2D eigenvalue weighted by atomic mass is 19.3. The smallest absolute Gasteiger partial charge is 0.312 e. The summed E-state index contributed by atoms with van der Waals surface area (Å²) in [6.45, 7) is 0.296. The van der Waals surface area contributed by atoms with Crippen molar-refractivity contribution in [2.24, 2.45) is 5.73 Å². The van der Waals surface area contributed by atoms with Crippen LogP contribution in [0.1, 0.15) is 13.8 Å². The number of alkyl halides is 4. The molecule has 0 aliphatic carbocycles. The molecular weight excluding hydrogens is 162 g/mol. The first kappa shape index (κ1) is 10.7. The Morgan fingerprint density at radius 2 is 1.73 bits per heavy atom. The molecule has 0 amide bonds. The molecule has 5 heteroatoms. The topological polar surface area (TPSA) is 26.0 Å². The molecule has 0 aromatic carbocycles. The van der Waals surface area contributed by atoms with Crippen LogP contribution in [0.25, 0.3) is 0 Å². The van der Waals surface area contributed by atoms with E-state index in [4.69, 9.17) is 5.73 Å². The first-order valence-corrected chi connectivity index (χ1v) is 3.16. The maximum atomic E-state index is 12.7. The van der Waals surface area contributed by atoms with Crippen molar-refractivity contribution in [1.29, 1.82) is 0 Å². The number of halogens is 4. The second kappa shape index (κ2) is 2.97. The van der Waals surface area contributed by atoms with Gasteiger partial charge >= 0.3 is 5.92 Å². The van der Waals surface area contributed by atoms with Gasteiger partial charge in [0.15, 0.2) is 11.8 Å². The minimum atomic E-state index is -4.01. The molecule has 2 N–H and O–H groups in total. The Balaban J connectivity index is 4.53. The molecule has 0 fully saturated rings. The summed E-state index contributed by atoms with van der Waals surface area (Å²) in [6.07, 6.45) is -2.53. The lowest BCUT2D eigenvalue weighted by molar-refractivity contribution is -0.164. The van der Waals surface area contributed by atoms with E-state index in [1.165, 1.54) is 0 Å². The molecule has 1 nitrogen and oxygen atoms in total. The average Bonchev–Trinajstić information content (AvgIpc) is 1.87. The third-order valence-electron chi connectivity index (χ3n) is 1.58. The number of rotatable bonds is 3. The van der Waals surface area contributed by atoms with Crippen molar-refractivity contribution in [3.8, 4) is 0 Å². The zero-order valence-electron chi connectivity index (χ0n) is 6.37. The van der Waals surface area contributed by atoms with Crippen molar-refractivity contribution in [1.82, 2.24) is 0 Å². The van der Waals surface area contributed by atoms with Gasteiger partial charge in [0.1, 0.15) is 0 Å². The first-order chi connectivity index (χ1) is 4.75. The summed E-state index contributed by atoms with van der Waals surface area (Å²) < 4.78 is 49.8. The highest BCUT2D eigenvalue weighted by Gasteiger charge is 2.54. The maximum absolute atomic E-state index is 12.7. The molecule has 0 radical (unpaired) electrons. The summed E-state index contributed by atoms with van der Waals surface area (Å²) in [6, 6.07) is 0. The van der Waals surface area contributed by atoms with E-state index < -0.39 is 24.3 Å². The molecule has 0 aromatic rings. The highest BCUT2D eigenvalue weighted by Crippen LogP contribution is 2.35. The standard InChI is InChI=1S/C6H11F4N/c1-4(7)6(9,10)5(2,8)3-11/h4H,3,11H2,1-2H3. The first-order valence-electron chi connectivity index (χ1n) is 3.16. The molecular formula is C6H11F4N. The van der Waals surface area contributed by atoms with E-state index in [-0.39, 0.29) is 0 Å². The van der Waals surface area contributed by atoms with Gasteiger partial charge in [0, 0.05) is 6.54 Å². The molecule has 68 valence electrons. The van der Waals surface area contributed by atoms with Crippen LogP contribution in [-0.4, -0.2) is 24.3 Å². The van der Waals surface area contributed by atoms with Gasteiger partial charge in [-0.3, -0.25) is 0 Å².